The van der Waals surface area contributed by atoms with Crippen molar-refractivity contribution in [3.8, 4) is 0 Å². The highest BCUT2D eigenvalue weighted by molar-refractivity contribution is 5.55. The molecule has 0 aliphatic rings. The smallest absolute Gasteiger partial charge is 0.0700 e. The molecule has 0 saturated heterocycles. The fourth-order valence-electron chi connectivity index (χ4n) is 1.89. The molecule has 2 heterocycles. The van der Waals surface area contributed by atoms with Gasteiger partial charge in [-0.15, -0.1) is 0 Å². The lowest BCUT2D eigenvalue weighted by atomic mass is 9.91. The predicted molar refractivity (Wildman–Crippen MR) is 68.0 cm³/mol. The highest BCUT2D eigenvalue weighted by Crippen LogP contribution is 2.27. The molecule has 2 rings (SSSR count). The molecule has 2 heteroatoms. The SMILES string of the molecule is CC(C)c1cn2cccc2c(C(C)(C)C)n1. The Bertz CT molecular complexity index is 501. The molecule has 0 aliphatic carbocycles. The maximum atomic E-state index is 4.82. The Labute approximate surface area is 97.3 Å². The third-order valence-electron chi connectivity index (χ3n) is 2.84. The van der Waals surface area contributed by atoms with E-state index in [0.717, 1.165) is 5.69 Å². The molecular weight excluding hydrogens is 196 g/mol. The van der Waals surface area contributed by atoms with Gasteiger partial charge in [0.25, 0.3) is 0 Å². The van der Waals surface area contributed by atoms with Crippen molar-refractivity contribution < 1.29 is 0 Å². The quantitative estimate of drug-likeness (QED) is 0.709. The van der Waals surface area contributed by atoms with E-state index in [1.807, 2.05) is 0 Å². The van der Waals surface area contributed by atoms with E-state index in [0.29, 0.717) is 5.92 Å². The van der Waals surface area contributed by atoms with Gasteiger partial charge in [0.2, 0.25) is 0 Å². The van der Waals surface area contributed by atoms with E-state index in [-0.39, 0.29) is 5.41 Å². The van der Waals surface area contributed by atoms with Gasteiger partial charge in [-0.05, 0) is 18.1 Å². The highest BCUT2D eigenvalue weighted by atomic mass is 14.9. The van der Waals surface area contributed by atoms with Crippen molar-refractivity contribution >= 4 is 5.52 Å². The summed E-state index contributed by atoms with van der Waals surface area (Å²) in [6.45, 7) is 11.0. The summed E-state index contributed by atoms with van der Waals surface area (Å²) < 4.78 is 2.18. The minimum absolute atomic E-state index is 0.0878. The van der Waals surface area contributed by atoms with E-state index in [1.165, 1.54) is 11.2 Å². The maximum absolute atomic E-state index is 4.82. The monoisotopic (exact) mass is 216 g/mol. The van der Waals surface area contributed by atoms with Crippen LogP contribution in [0.15, 0.2) is 24.5 Å². The molecule has 0 saturated carbocycles. The summed E-state index contributed by atoms with van der Waals surface area (Å²) in [5, 5.41) is 0. The molecule has 0 N–H and O–H groups in total. The Morgan fingerprint density at radius 2 is 1.94 bits per heavy atom. The maximum Gasteiger partial charge on any atom is 0.0700 e. The molecule has 0 atom stereocenters. The van der Waals surface area contributed by atoms with Gasteiger partial charge in [0.15, 0.2) is 0 Å². The van der Waals surface area contributed by atoms with Crippen LogP contribution >= 0.6 is 0 Å². The first-order chi connectivity index (χ1) is 7.39. The molecule has 86 valence electrons. The molecule has 2 nitrogen and oxygen atoms in total. The summed E-state index contributed by atoms with van der Waals surface area (Å²) in [7, 11) is 0. The first-order valence-corrected chi connectivity index (χ1v) is 5.87. The van der Waals surface area contributed by atoms with Crippen molar-refractivity contribution in [3.63, 3.8) is 0 Å². The van der Waals surface area contributed by atoms with Gasteiger partial charge >= 0.3 is 0 Å². The number of rotatable bonds is 1. The number of aromatic nitrogens is 2. The van der Waals surface area contributed by atoms with Gasteiger partial charge in [-0.1, -0.05) is 34.6 Å². The van der Waals surface area contributed by atoms with Crippen LogP contribution in [-0.4, -0.2) is 9.38 Å². The Balaban J connectivity index is 2.74. The van der Waals surface area contributed by atoms with Crippen molar-refractivity contribution in [2.24, 2.45) is 0 Å². The van der Waals surface area contributed by atoms with Crippen LogP contribution in [0.2, 0.25) is 0 Å². The van der Waals surface area contributed by atoms with Crippen molar-refractivity contribution in [2.45, 2.75) is 46.0 Å². The molecule has 16 heavy (non-hydrogen) atoms. The molecule has 2 aromatic rings. The zero-order chi connectivity index (χ0) is 11.9. The Morgan fingerprint density at radius 3 is 2.50 bits per heavy atom. The number of fused-ring (bicyclic) bond motifs is 1. The summed E-state index contributed by atoms with van der Waals surface area (Å²) in [4.78, 5) is 4.82. The predicted octanol–water partition coefficient (Wildman–Crippen LogP) is 3.76. The molecule has 0 aromatic carbocycles. The van der Waals surface area contributed by atoms with E-state index in [1.54, 1.807) is 0 Å². The van der Waals surface area contributed by atoms with Crippen LogP contribution in [0.1, 0.15) is 51.9 Å². The first-order valence-electron chi connectivity index (χ1n) is 5.87. The van der Waals surface area contributed by atoms with Crippen LogP contribution in [0.3, 0.4) is 0 Å². The van der Waals surface area contributed by atoms with Crippen LogP contribution in [-0.2, 0) is 5.41 Å². The van der Waals surface area contributed by atoms with Gasteiger partial charge in [0, 0.05) is 17.8 Å². The molecule has 0 radical (unpaired) electrons. The van der Waals surface area contributed by atoms with Crippen LogP contribution in [0.4, 0.5) is 0 Å². The van der Waals surface area contributed by atoms with Crippen molar-refractivity contribution in [1.29, 1.82) is 0 Å². The Hall–Kier alpha value is -1.31. The lowest BCUT2D eigenvalue weighted by Gasteiger charge is -2.21. The average Bonchev–Trinajstić information content (AvgIpc) is 2.61. The van der Waals surface area contributed by atoms with Crippen molar-refractivity contribution in [3.05, 3.63) is 35.9 Å². The third kappa shape index (κ3) is 1.84. The van der Waals surface area contributed by atoms with Gasteiger partial charge in [-0.25, -0.2) is 0 Å². The fourth-order valence-corrected chi connectivity index (χ4v) is 1.89. The van der Waals surface area contributed by atoms with Crippen LogP contribution in [0.25, 0.3) is 5.52 Å². The number of hydrogen-bond donors (Lipinski definition) is 0. The van der Waals surface area contributed by atoms with Gasteiger partial charge in [0.05, 0.1) is 16.9 Å². The second kappa shape index (κ2) is 3.62. The molecule has 0 spiro atoms. The molecule has 0 amide bonds. The Kier molecular flexibility index (Phi) is 2.53. The van der Waals surface area contributed by atoms with Gasteiger partial charge < -0.3 is 4.40 Å². The topological polar surface area (TPSA) is 17.3 Å². The summed E-state index contributed by atoms with van der Waals surface area (Å²) >= 11 is 0. The third-order valence-corrected chi connectivity index (χ3v) is 2.84. The summed E-state index contributed by atoms with van der Waals surface area (Å²) in [6, 6.07) is 4.22. The second-order valence-corrected chi connectivity index (χ2v) is 5.72. The zero-order valence-corrected chi connectivity index (χ0v) is 10.8. The van der Waals surface area contributed by atoms with Crippen LogP contribution in [0, 0.1) is 0 Å². The van der Waals surface area contributed by atoms with Crippen molar-refractivity contribution in [1.82, 2.24) is 9.38 Å². The summed E-state index contributed by atoms with van der Waals surface area (Å²) in [5.41, 5.74) is 3.65. The van der Waals surface area contributed by atoms with E-state index in [2.05, 4.69) is 63.5 Å². The average molecular weight is 216 g/mol. The molecular formula is C14H20N2. The lowest BCUT2D eigenvalue weighted by molar-refractivity contribution is 0.565. The molecule has 0 aliphatic heterocycles. The van der Waals surface area contributed by atoms with E-state index < -0.39 is 0 Å². The van der Waals surface area contributed by atoms with Crippen molar-refractivity contribution in [2.75, 3.05) is 0 Å². The minimum Gasteiger partial charge on any atom is -0.320 e. The largest absolute Gasteiger partial charge is 0.320 e. The van der Waals surface area contributed by atoms with E-state index in [9.17, 15) is 0 Å². The molecule has 0 unspecified atom stereocenters. The van der Waals surface area contributed by atoms with E-state index >= 15 is 0 Å². The Morgan fingerprint density at radius 1 is 1.25 bits per heavy atom. The zero-order valence-electron chi connectivity index (χ0n) is 10.8. The van der Waals surface area contributed by atoms with E-state index in [4.69, 9.17) is 4.98 Å². The fraction of sp³-hybridized carbons (Fsp3) is 0.500. The molecule has 0 fully saturated rings. The number of nitrogens with zero attached hydrogens (tertiary/aromatic N) is 2. The lowest BCUT2D eigenvalue weighted by Crippen LogP contribution is -2.16. The highest BCUT2D eigenvalue weighted by Gasteiger charge is 2.20. The normalized spacial score (nSPS) is 12.6. The standard InChI is InChI=1S/C14H20N2/c1-10(2)11-9-16-8-6-7-12(16)13(15-11)14(3,4)5/h6-10H,1-5H3. The first kappa shape index (κ1) is 11.2. The van der Waals surface area contributed by atoms with Gasteiger partial charge in [-0.3, -0.25) is 4.98 Å². The van der Waals surface area contributed by atoms with Crippen LogP contribution in [0.5, 0.6) is 0 Å². The number of hydrogen-bond acceptors (Lipinski definition) is 1. The van der Waals surface area contributed by atoms with Gasteiger partial charge in [0.1, 0.15) is 0 Å². The van der Waals surface area contributed by atoms with Crippen LogP contribution < -0.4 is 0 Å². The second-order valence-electron chi connectivity index (χ2n) is 5.72. The summed E-state index contributed by atoms with van der Waals surface area (Å²) in [5.74, 6) is 0.466. The van der Waals surface area contributed by atoms with Gasteiger partial charge in [-0.2, -0.15) is 0 Å². The summed E-state index contributed by atoms with van der Waals surface area (Å²) in [6.07, 6.45) is 4.23. The minimum atomic E-state index is 0.0878. The molecule has 0 bridgehead atoms. The molecule has 2 aromatic heterocycles.